The van der Waals surface area contributed by atoms with Crippen LogP contribution in [0.3, 0.4) is 0 Å². The van der Waals surface area contributed by atoms with E-state index < -0.39 is 5.69 Å². The van der Waals surface area contributed by atoms with E-state index in [4.69, 9.17) is 0 Å². The third-order valence-electron chi connectivity index (χ3n) is 2.34. The van der Waals surface area contributed by atoms with Crippen molar-refractivity contribution in [2.75, 3.05) is 5.43 Å². The van der Waals surface area contributed by atoms with Crippen molar-refractivity contribution in [2.24, 2.45) is 5.10 Å². The van der Waals surface area contributed by atoms with Gasteiger partial charge in [0.2, 0.25) is 0 Å². The summed E-state index contributed by atoms with van der Waals surface area (Å²) >= 11 is 0. The van der Waals surface area contributed by atoms with E-state index in [9.17, 15) is 4.79 Å². The molecule has 0 fully saturated rings. The third kappa shape index (κ3) is 3.00. The molecule has 2 aromatic rings. The first-order valence-corrected chi connectivity index (χ1v) is 5.44. The molecule has 0 aliphatic heterocycles. The summed E-state index contributed by atoms with van der Waals surface area (Å²) in [5, 5.41) is 10.0. The Morgan fingerprint density at radius 3 is 2.72 bits per heavy atom. The molecular weight excluding hydrogens is 230 g/mol. The summed E-state index contributed by atoms with van der Waals surface area (Å²) in [7, 11) is 0. The molecule has 6 heteroatoms. The Balaban J connectivity index is 2.09. The minimum atomic E-state index is -0.506. The van der Waals surface area contributed by atoms with Gasteiger partial charge >= 0.3 is 5.69 Å². The minimum absolute atomic E-state index is 0.349. The van der Waals surface area contributed by atoms with Crippen LogP contribution in [0.1, 0.15) is 16.8 Å². The summed E-state index contributed by atoms with van der Waals surface area (Å²) in [5.41, 5.74) is 4.92. The molecule has 2 N–H and O–H groups in total. The molecule has 0 atom stereocenters. The molecule has 0 aliphatic carbocycles. The largest absolute Gasteiger partial charge is 0.363 e. The van der Waals surface area contributed by atoms with Crippen LogP contribution in [0.2, 0.25) is 0 Å². The predicted molar refractivity (Wildman–Crippen MR) is 69.8 cm³/mol. The Labute approximate surface area is 104 Å². The van der Waals surface area contributed by atoms with Crippen LogP contribution >= 0.6 is 0 Å². The predicted octanol–water partition coefficient (Wildman–Crippen LogP) is 1.23. The molecule has 1 heterocycles. The summed E-state index contributed by atoms with van der Waals surface area (Å²) < 4.78 is 0. The van der Waals surface area contributed by atoms with Gasteiger partial charge in [0.15, 0.2) is 5.82 Å². The van der Waals surface area contributed by atoms with Gasteiger partial charge in [0.05, 0.1) is 6.21 Å². The van der Waals surface area contributed by atoms with Crippen LogP contribution in [-0.4, -0.2) is 21.4 Å². The molecule has 0 saturated carbocycles. The number of nitrogens with one attached hydrogen (secondary N) is 2. The van der Waals surface area contributed by atoms with Gasteiger partial charge in [-0.1, -0.05) is 29.8 Å². The molecule has 0 bridgehead atoms. The van der Waals surface area contributed by atoms with Crippen molar-refractivity contribution < 1.29 is 0 Å². The van der Waals surface area contributed by atoms with Crippen molar-refractivity contribution in [1.29, 1.82) is 0 Å². The van der Waals surface area contributed by atoms with E-state index >= 15 is 0 Å². The van der Waals surface area contributed by atoms with Gasteiger partial charge in [0, 0.05) is 0 Å². The van der Waals surface area contributed by atoms with Crippen LogP contribution in [0.15, 0.2) is 34.2 Å². The molecule has 18 heavy (non-hydrogen) atoms. The van der Waals surface area contributed by atoms with Gasteiger partial charge < -0.3 is 0 Å². The number of hydrogen-bond acceptors (Lipinski definition) is 5. The molecular formula is C12H13N5O. The monoisotopic (exact) mass is 243 g/mol. The summed E-state index contributed by atoms with van der Waals surface area (Å²) in [6, 6.07) is 7.91. The minimum Gasteiger partial charge on any atom is -0.260 e. The smallest absolute Gasteiger partial charge is 0.260 e. The highest BCUT2D eigenvalue weighted by atomic mass is 16.1. The molecule has 0 aliphatic rings. The van der Waals surface area contributed by atoms with Gasteiger partial charge in [-0.15, -0.1) is 0 Å². The van der Waals surface area contributed by atoms with Crippen LogP contribution < -0.4 is 11.1 Å². The zero-order chi connectivity index (χ0) is 13.0. The second-order valence-electron chi connectivity index (χ2n) is 3.86. The number of anilines is 1. The van der Waals surface area contributed by atoms with E-state index in [2.05, 4.69) is 25.7 Å². The van der Waals surface area contributed by atoms with E-state index in [-0.39, 0.29) is 0 Å². The lowest BCUT2D eigenvalue weighted by molar-refractivity contribution is 0.879. The van der Waals surface area contributed by atoms with Crippen LogP contribution in [0.4, 0.5) is 5.82 Å². The van der Waals surface area contributed by atoms with Gasteiger partial charge in [-0.25, -0.2) is 9.89 Å². The number of aromatic amines is 1. The van der Waals surface area contributed by atoms with E-state index in [0.717, 1.165) is 5.56 Å². The number of nitrogens with zero attached hydrogens (tertiary/aromatic N) is 3. The average Bonchev–Trinajstić information content (AvgIpc) is 2.36. The van der Waals surface area contributed by atoms with Gasteiger partial charge in [-0.05, 0) is 19.4 Å². The van der Waals surface area contributed by atoms with Crippen LogP contribution in [0, 0.1) is 13.8 Å². The average molecular weight is 243 g/mol. The number of aryl methyl sites for hydroxylation is 2. The summed E-state index contributed by atoms with van der Waals surface area (Å²) in [6.07, 6.45) is 1.65. The van der Waals surface area contributed by atoms with Crippen molar-refractivity contribution in [3.8, 4) is 0 Å². The van der Waals surface area contributed by atoms with Crippen LogP contribution in [0.25, 0.3) is 0 Å². The second kappa shape index (κ2) is 5.22. The SMILES string of the molecule is Cc1ccc(C=NNc2nc(=O)[nH]nc2C)cc1. The highest BCUT2D eigenvalue weighted by Gasteiger charge is 1.99. The first-order valence-electron chi connectivity index (χ1n) is 5.44. The van der Waals surface area contributed by atoms with Gasteiger partial charge in [-0.2, -0.15) is 15.2 Å². The summed E-state index contributed by atoms with van der Waals surface area (Å²) in [4.78, 5) is 14.7. The summed E-state index contributed by atoms with van der Waals surface area (Å²) in [6.45, 7) is 3.75. The maximum Gasteiger partial charge on any atom is 0.363 e. The van der Waals surface area contributed by atoms with Crippen LogP contribution in [-0.2, 0) is 0 Å². The first-order chi connectivity index (χ1) is 8.65. The molecule has 0 amide bonds. The molecule has 6 nitrogen and oxygen atoms in total. The Kier molecular flexibility index (Phi) is 3.47. The van der Waals surface area contributed by atoms with Gasteiger partial charge in [0.1, 0.15) is 5.69 Å². The second-order valence-corrected chi connectivity index (χ2v) is 3.86. The fourth-order valence-electron chi connectivity index (χ4n) is 1.32. The fourth-order valence-corrected chi connectivity index (χ4v) is 1.32. The normalized spacial score (nSPS) is 10.8. The van der Waals surface area contributed by atoms with E-state index in [1.807, 2.05) is 31.2 Å². The fraction of sp³-hybridized carbons (Fsp3) is 0.167. The van der Waals surface area contributed by atoms with E-state index in [0.29, 0.717) is 11.5 Å². The zero-order valence-electron chi connectivity index (χ0n) is 10.1. The molecule has 1 aromatic carbocycles. The number of hydrogen-bond donors (Lipinski definition) is 2. The highest BCUT2D eigenvalue weighted by Crippen LogP contribution is 2.03. The number of benzene rings is 1. The van der Waals surface area contributed by atoms with Gasteiger partial charge in [0.25, 0.3) is 0 Å². The van der Waals surface area contributed by atoms with Crippen molar-refractivity contribution in [3.63, 3.8) is 0 Å². The molecule has 0 saturated heterocycles. The standard InChI is InChI=1S/C12H13N5O/c1-8-3-5-10(6-4-8)7-13-16-11-9(2)15-17-12(18)14-11/h3-7H,1-2H3,(H2,14,16,17,18). The lowest BCUT2D eigenvalue weighted by Gasteiger charge is -2.00. The molecule has 92 valence electrons. The van der Waals surface area contributed by atoms with Gasteiger partial charge in [-0.3, -0.25) is 5.43 Å². The Morgan fingerprint density at radius 1 is 1.28 bits per heavy atom. The zero-order valence-corrected chi connectivity index (χ0v) is 10.1. The van der Waals surface area contributed by atoms with E-state index in [1.165, 1.54) is 5.56 Å². The topological polar surface area (TPSA) is 83.0 Å². The molecule has 2 rings (SSSR count). The Bertz CT molecular complexity index is 615. The molecule has 0 radical (unpaired) electrons. The quantitative estimate of drug-likeness (QED) is 0.627. The third-order valence-corrected chi connectivity index (χ3v) is 2.34. The number of aromatic nitrogens is 3. The summed E-state index contributed by atoms with van der Waals surface area (Å²) in [5.74, 6) is 0.349. The van der Waals surface area contributed by atoms with Crippen molar-refractivity contribution >= 4 is 12.0 Å². The molecule has 1 aromatic heterocycles. The Hall–Kier alpha value is -2.50. The van der Waals surface area contributed by atoms with Crippen LogP contribution in [0.5, 0.6) is 0 Å². The number of hydrazone groups is 1. The Morgan fingerprint density at radius 2 is 2.00 bits per heavy atom. The van der Waals surface area contributed by atoms with Crippen molar-refractivity contribution in [2.45, 2.75) is 13.8 Å². The molecule has 0 unspecified atom stereocenters. The van der Waals surface area contributed by atoms with E-state index in [1.54, 1.807) is 13.1 Å². The maximum absolute atomic E-state index is 11.0. The maximum atomic E-state index is 11.0. The lowest BCUT2D eigenvalue weighted by atomic mass is 10.2. The van der Waals surface area contributed by atoms with Crippen molar-refractivity contribution in [3.05, 3.63) is 51.6 Å². The lowest BCUT2D eigenvalue weighted by Crippen LogP contribution is -2.15. The first kappa shape index (κ1) is 12.0. The number of rotatable bonds is 3. The molecule has 0 spiro atoms. The number of H-pyrrole nitrogens is 1. The van der Waals surface area contributed by atoms with Crippen molar-refractivity contribution in [1.82, 2.24) is 15.2 Å². The highest BCUT2D eigenvalue weighted by molar-refractivity contribution is 5.80.